The quantitative estimate of drug-likeness (QED) is 0.103. The Bertz CT molecular complexity index is 3020. The molecule has 0 bridgehead atoms. The largest absolute Gasteiger partial charge is 0.370 e. The highest BCUT2D eigenvalue weighted by Gasteiger charge is 2.56. The number of likely N-dealkylation sites (tertiary alicyclic amines) is 3. The molecule has 18 heteroatoms. The molecule has 0 radical (unpaired) electrons. The summed E-state index contributed by atoms with van der Waals surface area (Å²) >= 11 is 0. The maximum atomic E-state index is 15.4. The molecule has 4 saturated heterocycles. The van der Waals surface area contributed by atoms with E-state index in [-0.39, 0.29) is 53.7 Å². The third-order valence-electron chi connectivity index (χ3n) is 18.3. The summed E-state index contributed by atoms with van der Waals surface area (Å²) in [5.41, 5.74) is 5.36. The van der Waals surface area contributed by atoms with Crippen LogP contribution in [0.5, 0.6) is 0 Å². The molecule has 1 aliphatic carbocycles. The first kappa shape index (κ1) is 52.2. The first-order chi connectivity index (χ1) is 37.3. The molecule has 5 aromatic rings. The number of aromatic nitrogens is 5. The Labute approximate surface area is 450 Å². The summed E-state index contributed by atoms with van der Waals surface area (Å²) in [4.78, 5) is 96.9. The minimum atomic E-state index is -0.764. The zero-order chi connectivity index (χ0) is 53.6. The van der Waals surface area contributed by atoms with Gasteiger partial charge in [0.15, 0.2) is 11.6 Å². The molecule has 4 aromatic heterocycles. The van der Waals surface area contributed by atoms with Gasteiger partial charge >= 0.3 is 0 Å². The van der Waals surface area contributed by atoms with E-state index < -0.39 is 22.6 Å². The van der Waals surface area contributed by atoms with E-state index in [2.05, 4.69) is 74.3 Å². The van der Waals surface area contributed by atoms with Crippen LogP contribution in [0, 0.1) is 17.2 Å². The van der Waals surface area contributed by atoms with Gasteiger partial charge in [0, 0.05) is 99.6 Å². The van der Waals surface area contributed by atoms with Gasteiger partial charge in [0.1, 0.15) is 11.8 Å². The molecule has 17 nitrogen and oxygen atoms in total. The van der Waals surface area contributed by atoms with Crippen molar-refractivity contribution < 1.29 is 28.4 Å². The minimum absolute atomic E-state index is 0.0670. The number of aldehydes is 1. The van der Waals surface area contributed by atoms with Gasteiger partial charge in [-0.25, -0.2) is 14.4 Å². The van der Waals surface area contributed by atoms with Crippen LogP contribution in [0.3, 0.4) is 0 Å². The number of rotatable bonds is 14. The molecule has 2 N–H and O–H groups in total. The number of hydrogen-bond acceptors (Lipinski definition) is 12. The van der Waals surface area contributed by atoms with Crippen LogP contribution in [0.2, 0.25) is 0 Å². The monoisotopic (exact) mass is 1050 g/mol. The second kappa shape index (κ2) is 21.5. The van der Waals surface area contributed by atoms with Gasteiger partial charge in [-0.3, -0.25) is 29.1 Å². The molecular formula is C59H73FN12O5. The lowest BCUT2D eigenvalue weighted by molar-refractivity contribution is -0.150. The van der Waals surface area contributed by atoms with Gasteiger partial charge in [0.05, 0.1) is 58.3 Å². The number of amides is 4. The molecule has 1 aromatic carbocycles. The number of halogens is 1. The smallest absolute Gasteiger partial charge is 0.238 e. The molecule has 1 atom stereocenters. The molecule has 9 heterocycles. The Morgan fingerprint density at radius 3 is 2.27 bits per heavy atom. The van der Waals surface area contributed by atoms with E-state index in [1.165, 1.54) is 25.5 Å². The van der Waals surface area contributed by atoms with Crippen LogP contribution in [-0.2, 0) is 29.4 Å². The zero-order valence-corrected chi connectivity index (χ0v) is 45.1. The third kappa shape index (κ3) is 9.83. The average Bonchev–Trinajstić information content (AvgIpc) is 4.06. The fourth-order valence-corrected chi connectivity index (χ4v) is 13.4. The number of pyridine rings is 3. The number of likely N-dealkylation sites (N-methyl/N-ethyl adjacent to an activating group) is 1. The molecule has 1 spiro atoms. The number of carbonyl (C=O) groups is 5. The first-order valence-electron chi connectivity index (χ1n) is 28.2. The summed E-state index contributed by atoms with van der Waals surface area (Å²) < 4.78 is 17.1. The number of nitrogens with zero attached hydrogens (tertiary/aromatic N) is 10. The van der Waals surface area contributed by atoms with Gasteiger partial charge in [-0.1, -0.05) is 25.5 Å². The molecule has 11 rings (SSSR count). The highest BCUT2D eigenvalue weighted by Crippen LogP contribution is 2.53. The van der Waals surface area contributed by atoms with E-state index in [1.807, 2.05) is 32.6 Å². The summed E-state index contributed by atoms with van der Waals surface area (Å²) in [6, 6.07) is 14.3. The first-order valence-corrected chi connectivity index (χ1v) is 28.2. The number of carbonyl (C=O) groups excluding carboxylic acids is 5. The van der Waals surface area contributed by atoms with Gasteiger partial charge in [-0.2, -0.15) is 0 Å². The summed E-state index contributed by atoms with van der Waals surface area (Å²) in [7, 11) is 1.59. The molecule has 5 fully saturated rings. The van der Waals surface area contributed by atoms with Gasteiger partial charge in [0.2, 0.25) is 23.6 Å². The number of imidazole rings is 1. The number of benzene rings is 1. The fourth-order valence-electron chi connectivity index (χ4n) is 13.4. The SMILES string of the molecule is CNC(=O)C(CCC=O)c1ccc(N2CCC(C(=O)N3CCC(C)(C(=O)N4CCC5(CC4)C(=O)N(C4CC(N6CCCCC6)C4)c4cc(-c6cc7ncn(C(C)C)c7c(Nc7ccncc7F)n6)ccc45)CC3)CC2)cn1. The lowest BCUT2D eigenvalue weighted by Gasteiger charge is -2.48. The predicted molar refractivity (Wildman–Crippen MR) is 293 cm³/mol. The maximum absolute atomic E-state index is 15.4. The van der Waals surface area contributed by atoms with Crippen molar-refractivity contribution in [1.29, 1.82) is 0 Å². The Kier molecular flexibility index (Phi) is 14.6. The van der Waals surface area contributed by atoms with Crippen LogP contribution in [0.4, 0.5) is 27.3 Å². The highest BCUT2D eigenvalue weighted by molar-refractivity contribution is 6.09. The van der Waals surface area contributed by atoms with Gasteiger partial charge < -0.3 is 44.5 Å². The van der Waals surface area contributed by atoms with Crippen molar-refractivity contribution in [2.24, 2.45) is 11.3 Å². The van der Waals surface area contributed by atoms with E-state index in [0.29, 0.717) is 107 Å². The lowest BCUT2D eigenvalue weighted by Crippen LogP contribution is -2.59. The van der Waals surface area contributed by atoms with Crippen molar-refractivity contribution in [3.63, 3.8) is 0 Å². The van der Waals surface area contributed by atoms with E-state index in [9.17, 15) is 19.2 Å². The second-order valence-corrected chi connectivity index (χ2v) is 23.1. The fraction of sp³-hybridized carbons (Fsp3) is 0.542. The lowest BCUT2D eigenvalue weighted by atomic mass is 9.72. The van der Waals surface area contributed by atoms with E-state index in [0.717, 1.165) is 65.8 Å². The Morgan fingerprint density at radius 1 is 0.857 bits per heavy atom. The standard InChI is InChI=1S/C59H73FN12O5/c1-38(2)71-37-64-50-34-49(66-53(52(50)71)65-48-14-21-62-36-46(48)60)40-10-12-45-51(31-40)72(43-32-42(33-43)67-22-6-5-7-23-67)57(77)59(45)19-28-70(29-20-59)56(76)58(3)17-26-69(27-18-58)55(75)39-15-24-68(25-16-39)41-11-13-47(63-35-41)44(9-8-30-73)54(74)61-4/h10-14,21,30-31,34-39,42-44H,5-9,15-20,22-29,32-33H2,1-4H3,(H,61,74)(H,62,65,66). The van der Waals surface area contributed by atoms with Crippen LogP contribution in [0.1, 0.15) is 127 Å². The van der Waals surface area contributed by atoms with E-state index in [4.69, 9.17) is 9.97 Å². The van der Waals surface area contributed by atoms with Crippen LogP contribution in [0.25, 0.3) is 22.3 Å². The molecule has 1 unspecified atom stereocenters. The van der Waals surface area contributed by atoms with Gasteiger partial charge in [-0.05, 0) is 133 Å². The van der Waals surface area contributed by atoms with Crippen molar-refractivity contribution >= 4 is 63.8 Å². The maximum Gasteiger partial charge on any atom is 0.238 e. The highest BCUT2D eigenvalue weighted by atomic mass is 19.1. The van der Waals surface area contributed by atoms with Crippen LogP contribution < -0.4 is 20.4 Å². The number of anilines is 4. The Morgan fingerprint density at radius 2 is 1.60 bits per heavy atom. The molecule has 406 valence electrons. The number of fused-ring (bicyclic) bond motifs is 3. The zero-order valence-electron chi connectivity index (χ0n) is 45.1. The normalized spacial score (nSPS) is 22.0. The summed E-state index contributed by atoms with van der Waals surface area (Å²) in [5, 5.41) is 5.93. The van der Waals surface area contributed by atoms with Crippen molar-refractivity contribution in [3.05, 3.63) is 84.5 Å². The third-order valence-corrected chi connectivity index (χ3v) is 18.3. The Balaban J connectivity index is 0.764. The molecular weight excluding hydrogens is 976 g/mol. The molecule has 4 amide bonds. The van der Waals surface area contributed by atoms with E-state index in [1.54, 1.807) is 31.8 Å². The summed E-state index contributed by atoms with van der Waals surface area (Å²) in [5.74, 6) is -0.366. The van der Waals surface area contributed by atoms with Crippen molar-refractivity contribution in [1.82, 2.24) is 44.5 Å². The molecule has 6 aliphatic rings. The van der Waals surface area contributed by atoms with Crippen LogP contribution in [-0.4, -0.2) is 141 Å². The summed E-state index contributed by atoms with van der Waals surface area (Å²) in [6.07, 6.45) is 17.0. The molecule has 77 heavy (non-hydrogen) atoms. The number of hydrogen-bond donors (Lipinski definition) is 2. The van der Waals surface area contributed by atoms with Gasteiger partial charge in [-0.15, -0.1) is 0 Å². The average molecular weight is 1050 g/mol. The van der Waals surface area contributed by atoms with Crippen molar-refractivity contribution in [2.45, 2.75) is 134 Å². The number of nitrogens with one attached hydrogen (secondary N) is 2. The van der Waals surface area contributed by atoms with Crippen LogP contribution in [0.15, 0.2) is 67.4 Å². The summed E-state index contributed by atoms with van der Waals surface area (Å²) in [6.45, 7) is 11.8. The topological polar surface area (TPSA) is 182 Å². The van der Waals surface area contributed by atoms with E-state index >= 15 is 9.18 Å². The van der Waals surface area contributed by atoms with Crippen molar-refractivity contribution in [3.8, 4) is 11.3 Å². The number of piperidine rings is 4. The molecule has 5 aliphatic heterocycles. The van der Waals surface area contributed by atoms with Gasteiger partial charge in [0.25, 0.3) is 0 Å². The minimum Gasteiger partial charge on any atom is -0.370 e. The Hall–Kier alpha value is -6.82. The van der Waals surface area contributed by atoms with Crippen LogP contribution >= 0.6 is 0 Å². The predicted octanol–water partition coefficient (Wildman–Crippen LogP) is 7.93. The molecule has 1 saturated carbocycles. The second-order valence-electron chi connectivity index (χ2n) is 23.1. The van der Waals surface area contributed by atoms with Crippen molar-refractivity contribution in [2.75, 3.05) is 74.5 Å².